The lowest BCUT2D eigenvalue weighted by atomic mass is 10.1. The molecule has 0 bridgehead atoms. The first-order chi connectivity index (χ1) is 14.8. The maximum absolute atomic E-state index is 11.4. The molecular weight excluding hydrogens is 406 g/mol. The number of nitro groups is 2. The number of aliphatic hydroxyl groups is 1. The lowest BCUT2D eigenvalue weighted by Gasteiger charge is -2.11. The quantitative estimate of drug-likeness (QED) is 0.324. The first-order valence-corrected chi connectivity index (χ1v) is 8.90. The van der Waals surface area contributed by atoms with E-state index in [9.17, 15) is 30.6 Å². The highest BCUT2D eigenvalue weighted by molar-refractivity contribution is 5.98. The Morgan fingerprint density at radius 3 is 2.65 bits per heavy atom. The van der Waals surface area contributed by atoms with Crippen molar-refractivity contribution in [2.45, 2.75) is 13.0 Å². The summed E-state index contributed by atoms with van der Waals surface area (Å²) < 4.78 is 0. The number of hydrogen-bond donors (Lipinski definition) is 2. The third-order valence-corrected chi connectivity index (χ3v) is 4.19. The highest BCUT2D eigenvalue weighted by Crippen LogP contribution is 2.37. The number of anilines is 1. The van der Waals surface area contributed by atoms with Gasteiger partial charge in [0.25, 0.3) is 5.69 Å². The van der Waals surface area contributed by atoms with Crippen LogP contribution < -0.4 is 5.32 Å². The Balaban J connectivity index is 2.10. The van der Waals surface area contributed by atoms with Crippen molar-refractivity contribution in [3.05, 3.63) is 68.4 Å². The average molecular weight is 421 g/mol. The molecule has 0 fully saturated rings. The van der Waals surface area contributed by atoms with E-state index in [2.05, 4.69) is 20.5 Å². The van der Waals surface area contributed by atoms with Crippen LogP contribution in [0, 0.1) is 31.6 Å². The molecule has 31 heavy (non-hydrogen) atoms. The number of aliphatic hydroxyl groups excluding tert-OH is 1. The molecule has 0 radical (unpaired) electrons. The minimum absolute atomic E-state index is 0.299. The van der Waals surface area contributed by atoms with Crippen molar-refractivity contribution in [2.24, 2.45) is 10.2 Å². The van der Waals surface area contributed by atoms with Gasteiger partial charge in [-0.25, -0.2) is 0 Å². The number of hydrogen-bond acceptors (Lipinski definition) is 10. The fourth-order valence-corrected chi connectivity index (χ4v) is 2.79. The summed E-state index contributed by atoms with van der Waals surface area (Å²) in [5, 5.41) is 52.7. The average Bonchev–Trinajstić information content (AvgIpc) is 2.75. The topological polar surface area (TPSA) is 180 Å². The van der Waals surface area contributed by atoms with Crippen LogP contribution in [0.4, 0.5) is 28.4 Å². The number of azo groups is 1. The van der Waals surface area contributed by atoms with Gasteiger partial charge in [-0.3, -0.25) is 25.2 Å². The molecule has 0 aliphatic heterocycles. The zero-order chi connectivity index (χ0) is 22.5. The Hall–Kier alpha value is -4.50. The first kappa shape index (κ1) is 21.2. The zero-order valence-electron chi connectivity index (χ0n) is 16.1. The number of nitrogens with one attached hydrogen (secondary N) is 1. The molecule has 2 aromatic carbocycles. The van der Waals surface area contributed by atoms with Crippen LogP contribution in [0.1, 0.15) is 12.5 Å². The molecule has 1 unspecified atom stereocenters. The summed E-state index contributed by atoms with van der Waals surface area (Å²) in [6.45, 7) is 1.93. The maximum atomic E-state index is 11.4. The fraction of sp³-hybridized carbons (Fsp3) is 0.158. The van der Waals surface area contributed by atoms with Crippen LogP contribution in [-0.4, -0.2) is 32.6 Å². The molecule has 1 heterocycles. The van der Waals surface area contributed by atoms with E-state index in [0.29, 0.717) is 28.8 Å². The van der Waals surface area contributed by atoms with Crippen molar-refractivity contribution in [1.82, 2.24) is 4.98 Å². The van der Waals surface area contributed by atoms with E-state index in [4.69, 9.17) is 0 Å². The molecule has 0 saturated heterocycles. The van der Waals surface area contributed by atoms with Crippen molar-refractivity contribution < 1.29 is 15.0 Å². The molecule has 156 valence electrons. The third kappa shape index (κ3) is 4.57. The lowest BCUT2D eigenvalue weighted by molar-refractivity contribution is -0.393. The highest BCUT2D eigenvalue weighted by Gasteiger charge is 2.24. The molecule has 0 aliphatic carbocycles. The van der Waals surface area contributed by atoms with Crippen LogP contribution >= 0.6 is 0 Å². The van der Waals surface area contributed by atoms with Crippen molar-refractivity contribution in [2.75, 3.05) is 11.9 Å². The van der Waals surface area contributed by atoms with Crippen LogP contribution in [0.3, 0.4) is 0 Å². The van der Waals surface area contributed by atoms with E-state index in [-0.39, 0.29) is 11.3 Å². The van der Waals surface area contributed by atoms with Gasteiger partial charge in [-0.1, -0.05) is 0 Å². The molecule has 1 atom stereocenters. The molecular formula is C19H15N7O5. The van der Waals surface area contributed by atoms with Crippen molar-refractivity contribution >= 4 is 39.3 Å². The number of non-ortho nitro benzene ring substituents is 1. The second-order valence-electron chi connectivity index (χ2n) is 6.45. The van der Waals surface area contributed by atoms with E-state index in [1.54, 1.807) is 43.5 Å². The minimum Gasteiger partial charge on any atom is -0.392 e. The molecule has 12 nitrogen and oxygen atoms in total. The molecule has 1 aromatic heterocycles. The van der Waals surface area contributed by atoms with E-state index >= 15 is 0 Å². The molecule has 0 spiro atoms. The maximum Gasteiger partial charge on any atom is 0.304 e. The van der Waals surface area contributed by atoms with Crippen molar-refractivity contribution in [1.29, 1.82) is 5.26 Å². The molecule has 0 saturated carbocycles. The van der Waals surface area contributed by atoms with E-state index in [0.717, 1.165) is 12.1 Å². The summed E-state index contributed by atoms with van der Waals surface area (Å²) in [6, 6.07) is 9.99. The van der Waals surface area contributed by atoms with Gasteiger partial charge in [0.05, 0.1) is 44.5 Å². The predicted molar refractivity (Wildman–Crippen MR) is 111 cm³/mol. The Morgan fingerprint density at radius 1 is 1.23 bits per heavy atom. The van der Waals surface area contributed by atoms with Crippen LogP contribution in [0.25, 0.3) is 10.9 Å². The van der Waals surface area contributed by atoms with Gasteiger partial charge in [0, 0.05) is 24.2 Å². The first-order valence-electron chi connectivity index (χ1n) is 8.90. The Morgan fingerprint density at radius 2 is 2.00 bits per heavy atom. The number of nitro benzene ring substituents is 2. The van der Waals surface area contributed by atoms with Crippen molar-refractivity contribution in [3.63, 3.8) is 0 Å². The van der Waals surface area contributed by atoms with Gasteiger partial charge in [0.15, 0.2) is 5.69 Å². The van der Waals surface area contributed by atoms with Crippen LogP contribution in [0.5, 0.6) is 0 Å². The molecule has 2 N–H and O–H groups in total. The molecule has 0 aliphatic rings. The van der Waals surface area contributed by atoms with Crippen LogP contribution in [0.15, 0.2) is 52.8 Å². The molecule has 3 rings (SSSR count). The second-order valence-corrected chi connectivity index (χ2v) is 6.45. The molecule has 3 aromatic rings. The Bertz CT molecular complexity index is 1250. The fourth-order valence-electron chi connectivity index (χ4n) is 2.79. The number of pyridine rings is 1. The van der Waals surface area contributed by atoms with Crippen molar-refractivity contribution in [3.8, 4) is 6.07 Å². The van der Waals surface area contributed by atoms with Crippen LogP contribution in [0.2, 0.25) is 0 Å². The number of rotatable bonds is 7. The van der Waals surface area contributed by atoms with Gasteiger partial charge in [-0.05, 0) is 31.2 Å². The van der Waals surface area contributed by atoms with Gasteiger partial charge < -0.3 is 10.4 Å². The summed E-state index contributed by atoms with van der Waals surface area (Å²) in [5.41, 5.74) is -0.513. The lowest BCUT2D eigenvalue weighted by Crippen LogP contribution is -2.15. The number of aromatic nitrogens is 1. The largest absolute Gasteiger partial charge is 0.392 e. The highest BCUT2D eigenvalue weighted by atomic mass is 16.6. The van der Waals surface area contributed by atoms with E-state index < -0.39 is 27.3 Å². The van der Waals surface area contributed by atoms with E-state index in [1.807, 2.05) is 0 Å². The van der Waals surface area contributed by atoms with Gasteiger partial charge in [-0.15, -0.1) is 10.2 Å². The van der Waals surface area contributed by atoms with Gasteiger partial charge in [-0.2, -0.15) is 5.26 Å². The summed E-state index contributed by atoms with van der Waals surface area (Å²) >= 11 is 0. The van der Waals surface area contributed by atoms with Gasteiger partial charge >= 0.3 is 5.69 Å². The second kappa shape index (κ2) is 8.89. The summed E-state index contributed by atoms with van der Waals surface area (Å²) in [5.74, 6) is 0. The number of fused-ring (bicyclic) bond motifs is 1. The normalized spacial score (nSPS) is 11.9. The van der Waals surface area contributed by atoms with Gasteiger partial charge in [0.2, 0.25) is 0 Å². The van der Waals surface area contributed by atoms with Gasteiger partial charge in [0.1, 0.15) is 6.07 Å². The minimum atomic E-state index is -0.856. The standard InChI is InChI=1S/C19H15N7O5/c1-11(27)10-22-16-5-4-15(14-3-2-6-21-19(14)16)23-24-18-12(9-20)7-13(25(28)29)8-17(18)26(30)31/h2-8,11,22,27H,10H2,1H3. The SMILES string of the molecule is CC(O)CNc1ccc(N=Nc2c(C#N)cc([N+](=O)[O-])cc2[N+](=O)[O-])c2cccnc12. The third-order valence-electron chi connectivity index (χ3n) is 4.19. The Labute approximate surface area is 174 Å². The predicted octanol–water partition coefficient (Wildman–Crippen LogP) is 4.13. The zero-order valence-corrected chi connectivity index (χ0v) is 16.1. The summed E-state index contributed by atoms with van der Waals surface area (Å²) in [4.78, 5) is 25.0. The molecule has 0 amide bonds. The smallest absolute Gasteiger partial charge is 0.304 e. The number of benzene rings is 2. The monoisotopic (exact) mass is 421 g/mol. The number of nitrogens with zero attached hydrogens (tertiary/aromatic N) is 6. The summed E-state index contributed by atoms with van der Waals surface area (Å²) in [7, 11) is 0. The summed E-state index contributed by atoms with van der Waals surface area (Å²) in [6.07, 6.45) is 0.997. The number of nitriles is 1. The molecule has 12 heteroatoms. The van der Waals surface area contributed by atoms with E-state index in [1.165, 1.54) is 0 Å². The Kier molecular flexibility index (Phi) is 6.08. The van der Waals surface area contributed by atoms with Crippen LogP contribution in [-0.2, 0) is 0 Å².